The van der Waals surface area contributed by atoms with Gasteiger partial charge in [-0.2, -0.15) is 0 Å². The Morgan fingerprint density at radius 3 is 2.40 bits per heavy atom. The molecule has 1 aliphatic heterocycles. The molecule has 1 N–H and O–H groups in total. The summed E-state index contributed by atoms with van der Waals surface area (Å²) in [4.78, 5) is 15.6. The monoisotopic (exact) mass is 413 g/mol. The molecule has 0 unspecified atom stereocenters. The summed E-state index contributed by atoms with van der Waals surface area (Å²) >= 11 is 0. The molecule has 2 heterocycles. The molecule has 0 aliphatic carbocycles. The second-order valence-corrected chi connectivity index (χ2v) is 7.32. The predicted molar refractivity (Wildman–Crippen MR) is 109 cm³/mol. The Balaban J connectivity index is 1.32. The molecule has 0 saturated carbocycles. The van der Waals surface area contributed by atoms with Crippen LogP contribution in [0.1, 0.15) is 11.3 Å². The molecule has 5 nitrogen and oxygen atoms in total. The number of benzene rings is 2. The van der Waals surface area contributed by atoms with Gasteiger partial charge in [0.15, 0.2) is 5.76 Å². The van der Waals surface area contributed by atoms with Gasteiger partial charge < -0.3 is 19.0 Å². The van der Waals surface area contributed by atoms with Crippen molar-refractivity contribution in [3.05, 3.63) is 94.0 Å². The van der Waals surface area contributed by atoms with Crippen LogP contribution in [0.25, 0.3) is 0 Å². The van der Waals surface area contributed by atoms with E-state index in [9.17, 15) is 13.6 Å². The average Bonchev–Trinajstić information content (AvgIpc) is 2.75. The highest BCUT2D eigenvalue weighted by Crippen LogP contribution is 2.18. The lowest BCUT2D eigenvalue weighted by Crippen LogP contribution is -3.13. The van der Waals surface area contributed by atoms with Crippen LogP contribution in [-0.2, 0) is 13.2 Å². The first kappa shape index (κ1) is 20.1. The highest BCUT2D eigenvalue weighted by atomic mass is 19.1. The molecule has 1 fully saturated rings. The van der Waals surface area contributed by atoms with E-state index in [2.05, 4.69) is 0 Å². The third kappa shape index (κ3) is 4.68. The molecule has 1 saturated heterocycles. The maximum atomic E-state index is 14.0. The van der Waals surface area contributed by atoms with E-state index >= 15 is 0 Å². The molecule has 7 heteroatoms. The number of hydrogen-bond acceptors (Lipinski definition) is 4. The van der Waals surface area contributed by atoms with E-state index in [1.54, 1.807) is 30.3 Å². The quantitative estimate of drug-likeness (QED) is 0.674. The van der Waals surface area contributed by atoms with E-state index in [0.717, 1.165) is 26.2 Å². The van der Waals surface area contributed by atoms with E-state index in [4.69, 9.17) is 9.15 Å². The van der Waals surface area contributed by atoms with Crippen molar-refractivity contribution in [1.82, 2.24) is 0 Å². The van der Waals surface area contributed by atoms with E-state index in [1.165, 1.54) is 29.4 Å². The van der Waals surface area contributed by atoms with Gasteiger partial charge >= 0.3 is 0 Å². The number of quaternary nitrogens is 1. The first-order valence-corrected chi connectivity index (χ1v) is 9.91. The largest absolute Gasteiger partial charge is 0.482 e. The van der Waals surface area contributed by atoms with Crippen molar-refractivity contribution in [1.29, 1.82) is 0 Å². The lowest BCUT2D eigenvalue weighted by atomic mass is 10.2. The second-order valence-electron chi connectivity index (χ2n) is 7.32. The summed E-state index contributed by atoms with van der Waals surface area (Å²) in [6, 6.07) is 14.5. The third-order valence-corrected chi connectivity index (χ3v) is 5.28. The summed E-state index contributed by atoms with van der Waals surface area (Å²) in [6.45, 7) is 3.59. The Hall–Kier alpha value is -3.19. The van der Waals surface area contributed by atoms with Gasteiger partial charge in [-0.05, 0) is 18.2 Å². The van der Waals surface area contributed by atoms with Gasteiger partial charge in [0.05, 0.1) is 31.9 Å². The lowest BCUT2D eigenvalue weighted by molar-refractivity contribution is -0.915. The van der Waals surface area contributed by atoms with Crippen molar-refractivity contribution in [3.8, 4) is 5.75 Å². The maximum Gasteiger partial charge on any atom is 0.227 e. The van der Waals surface area contributed by atoms with Gasteiger partial charge in [0.2, 0.25) is 11.2 Å². The molecule has 0 spiro atoms. The Bertz CT molecular complexity index is 1060. The van der Waals surface area contributed by atoms with Crippen molar-refractivity contribution < 1.29 is 22.8 Å². The second kappa shape index (κ2) is 9.09. The zero-order valence-corrected chi connectivity index (χ0v) is 16.4. The molecule has 1 aliphatic rings. The predicted octanol–water partition coefficient (Wildman–Crippen LogP) is 2.40. The van der Waals surface area contributed by atoms with Crippen molar-refractivity contribution in [2.24, 2.45) is 0 Å². The minimum Gasteiger partial charge on any atom is -0.482 e. The number of halogens is 2. The number of piperazine rings is 1. The number of rotatable bonds is 6. The summed E-state index contributed by atoms with van der Waals surface area (Å²) in [5, 5.41) is 0. The normalized spacial score (nSPS) is 14.7. The van der Waals surface area contributed by atoms with Crippen LogP contribution in [0.4, 0.5) is 14.5 Å². The molecule has 0 atom stereocenters. The standard InChI is InChI=1S/C23H22F2N2O3/c24-19-6-2-1-5-17(19)15-30-23-16-29-18(13-22(23)28)14-26-9-11-27(12-10-26)21-8-4-3-7-20(21)25/h1-8,13,16H,9-12,14-15H2/p+1. The van der Waals surface area contributed by atoms with Gasteiger partial charge in [-0.1, -0.05) is 30.3 Å². The zero-order chi connectivity index (χ0) is 20.9. The van der Waals surface area contributed by atoms with Crippen LogP contribution in [0.5, 0.6) is 5.75 Å². The van der Waals surface area contributed by atoms with Gasteiger partial charge in [0, 0.05) is 11.6 Å². The number of para-hydroxylation sites is 1. The smallest absolute Gasteiger partial charge is 0.227 e. The van der Waals surface area contributed by atoms with E-state index in [0.29, 0.717) is 23.6 Å². The fourth-order valence-corrected chi connectivity index (χ4v) is 3.60. The van der Waals surface area contributed by atoms with Gasteiger partial charge in [-0.25, -0.2) is 8.78 Å². The Morgan fingerprint density at radius 1 is 1.00 bits per heavy atom. The molecule has 3 aromatic rings. The minimum atomic E-state index is -0.378. The zero-order valence-electron chi connectivity index (χ0n) is 16.4. The van der Waals surface area contributed by atoms with Crippen LogP contribution in [0.3, 0.4) is 0 Å². The first-order valence-electron chi connectivity index (χ1n) is 9.91. The molecule has 1 aromatic heterocycles. The SMILES string of the molecule is O=c1cc(C[NH+]2CCN(c3ccccc3F)CC2)occ1OCc1ccccc1F. The van der Waals surface area contributed by atoms with Crippen LogP contribution in [0, 0.1) is 11.6 Å². The molecular formula is C23H23F2N2O3+. The molecule has 2 aromatic carbocycles. The summed E-state index contributed by atoms with van der Waals surface area (Å²) in [5.74, 6) is 0.0310. The maximum absolute atomic E-state index is 14.0. The van der Waals surface area contributed by atoms with Crippen LogP contribution >= 0.6 is 0 Å². The van der Waals surface area contributed by atoms with E-state index in [-0.39, 0.29) is 29.4 Å². The lowest BCUT2D eigenvalue weighted by Gasteiger charge is -2.33. The molecule has 0 amide bonds. The van der Waals surface area contributed by atoms with E-state index in [1.807, 2.05) is 11.0 Å². The van der Waals surface area contributed by atoms with Crippen molar-refractivity contribution in [2.75, 3.05) is 31.1 Å². The third-order valence-electron chi connectivity index (χ3n) is 5.28. The van der Waals surface area contributed by atoms with Crippen LogP contribution in [-0.4, -0.2) is 26.2 Å². The van der Waals surface area contributed by atoms with Crippen LogP contribution in [0.2, 0.25) is 0 Å². The highest BCUT2D eigenvalue weighted by molar-refractivity contribution is 5.47. The molecule has 156 valence electrons. The van der Waals surface area contributed by atoms with Gasteiger partial charge in [0.25, 0.3) is 0 Å². The number of ether oxygens (including phenoxy) is 1. The van der Waals surface area contributed by atoms with Crippen molar-refractivity contribution >= 4 is 5.69 Å². The molecule has 0 bridgehead atoms. The Morgan fingerprint density at radius 2 is 1.70 bits per heavy atom. The van der Waals surface area contributed by atoms with Crippen molar-refractivity contribution in [2.45, 2.75) is 13.2 Å². The topological polar surface area (TPSA) is 47.1 Å². The minimum absolute atomic E-state index is 0.0416. The summed E-state index contributed by atoms with van der Waals surface area (Å²) < 4.78 is 38.6. The summed E-state index contributed by atoms with van der Waals surface area (Å²) in [5.41, 5.74) is 0.703. The number of hydrogen-bond donors (Lipinski definition) is 1. The van der Waals surface area contributed by atoms with Crippen LogP contribution in [0.15, 0.2) is 70.1 Å². The highest BCUT2D eigenvalue weighted by Gasteiger charge is 2.23. The van der Waals surface area contributed by atoms with Crippen molar-refractivity contribution in [3.63, 3.8) is 0 Å². The molecule has 0 radical (unpaired) electrons. The molecule has 30 heavy (non-hydrogen) atoms. The summed E-state index contributed by atoms with van der Waals surface area (Å²) in [6.07, 6.45) is 1.29. The van der Waals surface area contributed by atoms with Gasteiger partial charge in [0.1, 0.15) is 31.0 Å². The number of nitrogens with zero attached hydrogens (tertiary/aromatic N) is 1. The Labute approximate surface area is 173 Å². The van der Waals surface area contributed by atoms with Gasteiger partial charge in [-0.3, -0.25) is 4.79 Å². The van der Waals surface area contributed by atoms with Crippen LogP contribution < -0.4 is 20.0 Å². The fraction of sp³-hybridized carbons (Fsp3) is 0.261. The fourth-order valence-electron chi connectivity index (χ4n) is 3.60. The molecule has 4 rings (SSSR count). The Kier molecular flexibility index (Phi) is 6.09. The first-order chi connectivity index (χ1) is 14.6. The summed E-state index contributed by atoms with van der Waals surface area (Å²) in [7, 11) is 0. The molecular weight excluding hydrogens is 390 g/mol. The van der Waals surface area contributed by atoms with Gasteiger partial charge in [-0.15, -0.1) is 0 Å². The number of nitrogens with one attached hydrogen (secondary N) is 1. The van der Waals surface area contributed by atoms with E-state index < -0.39 is 0 Å². The average molecular weight is 413 g/mol. The number of anilines is 1.